The molecule has 6 heteroatoms. The van der Waals surface area contributed by atoms with Gasteiger partial charge < -0.3 is 4.74 Å². The maximum atomic E-state index is 11.6. The Labute approximate surface area is 136 Å². The first-order valence-corrected chi connectivity index (χ1v) is 10.0. The summed E-state index contributed by atoms with van der Waals surface area (Å²) < 4.78 is 27.3. The maximum Gasteiger partial charge on any atom is 0.326 e. The Kier molecular flexibility index (Phi) is 8.07. The van der Waals surface area contributed by atoms with Gasteiger partial charge in [-0.3, -0.25) is 4.79 Å². The summed E-state index contributed by atoms with van der Waals surface area (Å²) in [4.78, 5) is 12.4. The van der Waals surface area contributed by atoms with Gasteiger partial charge in [-0.2, -0.15) is 0 Å². The first-order valence-electron chi connectivity index (χ1n) is 6.98. The van der Waals surface area contributed by atoms with Crippen LogP contribution in [0.1, 0.15) is 26.2 Å². The monoisotopic (exact) mass is 340 g/mol. The summed E-state index contributed by atoms with van der Waals surface area (Å²) in [5, 5.41) is 0. The van der Waals surface area contributed by atoms with Gasteiger partial charge in [-0.05, 0) is 18.6 Å². The summed E-state index contributed by atoms with van der Waals surface area (Å²) in [6.45, 7) is 2.12. The van der Waals surface area contributed by atoms with Gasteiger partial charge in [0.1, 0.15) is 11.5 Å². The quantitative estimate of drug-likeness (QED) is 0.251. The van der Waals surface area contributed by atoms with E-state index in [0.717, 1.165) is 30.4 Å². The van der Waals surface area contributed by atoms with Gasteiger partial charge in [-0.1, -0.05) is 31.4 Å². The van der Waals surface area contributed by atoms with E-state index < -0.39 is 21.6 Å². The SMILES string of the molecule is CCCCC#CCSc1ccccc1OC(=O)CS(C)(=O)=O. The van der Waals surface area contributed by atoms with Crippen molar-refractivity contribution >= 4 is 27.6 Å². The molecule has 22 heavy (non-hydrogen) atoms. The number of esters is 1. The molecule has 120 valence electrons. The number of rotatable bonds is 7. The molecule has 0 bridgehead atoms. The van der Waals surface area contributed by atoms with Gasteiger partial charge in [0, 0.05) is 12.7 Å². The lowest BCUT2D eigenvalue weighted by atomic mass is 10.3. The van der Waals surface area contributed by atoms with E-state index >= 15 is 0 Å². The largest absolute Gasteiger partial charge is 0.425 e. The van der Waals surface area contributed by atoms with Gasteiger partial charge in [0.05, 0.1) is 10.6 Å². The summed E-state index contributed by atoms with van der Waals surface area (Å²) in [6, 6.07) is 7.04. The molecule has 0 heterocycles. The van der Waals surface area contributed by atoms with E-state index in [0.29, 0.717) is 11.5 Å². The smallest absolute Gasteiger partial charge is 0.326 e. The van der Waals surface area contributed by atoms with Crippen molar-refractivity contribution in [2.45, 2.75) is 31.1 Å². The number of hydrogen-bond donors (Lipinski definition) is 0. The fraction of sp³-hybridized carbons (Fsp3) is 0.438. The molecule has 4 nitrogen and oxygen atoms in total. The molecule has 0 atom stereocenters. The number of unbranched alkanes of at least 4 members (excludes halogenated alkanes) is 2. The Balaban J connectivity index is 2.61. The zero-order valence-electron chi connectivity index (χ0n) is 12.8. The van der Waals surface area contributed by atoms with Gasteiger partial charge in [-0.25, -0.2) is 8.42 Å². The average Bonchev–Trinajstić information content (AvgIpc) is 2.42. The van der Waals surface area contributed by atoms with Crippen LogP contribution >= 0.6 is 11.8 Å². The van der Waals surface area contributed by atoms with Crippen LogP contribution in [-0.2, 0) is 14.6 Å². The molecule has 0 unspecified atom stereocenters. The van der Waals surface area contributed by atoms with E-state index in [1.54, 1.807) is 12.1 Å². The van der Waals surface area contributed by atoms with E-state index in [2.05, 4.69) is 18.8 Å². The highest BCUT2D eigenvalue weighted by molar-refractivity contribution is 7.99. The molecule has 0 spiro atoms. The summed E-state index contributed by atoms with van der Waals surface area (Å²) in [5.74, 6) is 5.73. The molecule has 0 aliphatic heterocycles. The van der Waals surface area contributed by atoms with Crippen molar-refractivity contribution in [2.75, 3.05) is 17.8 Å². The summed E-state index contributed by atoms with van der Waals surface area (Å²) >= 11 is 1.46. The molecule has 1 rings (SSSR count). The highest BCUT2D eigenvalue weighted by Gasteiger charge is 2.14. The van der Waals surface area contributed by atoms with Crippen LogP contribution in [0.15, 0.2) is 29.2 Å². The first kappa shape index (κ1) is 18.6. The Morgan fingerprint density at radius 1 is 1.27 bits per heavy atom. The zero-order valence-corrected chi connectivity index (χ0v) is 14.4. The highest BCUT2D eigenvalue weighted by Crippen LogP contribution is 2.28. The summed E-state index contributed by atoms with van der Waals surface area (Å²) in [5.41, 5.74) is 0. The van der Waals surface area contributed by atoms with E-state index in [1.807, 2.05) is 12.1 Å². The van der Waals surface area contributed by atoms with Gasteiger partial charge in [-0.15, -0.1) is 17.7 Å². The highest BCUT2D eigenvalue weighted by atomic mass is 32.2. The number of thioether (sulfide) groups is 1. The van der Waals surface area contributed by atoms with E-state index in [4.69, 9.17) is 4.74 Å². The van der Waals surface area contributed by atoms with Crippen molar-refractivity contribution < 1.29 is 17.9 Å². The molecule has 0 N–H and O–H groups in total. The second-order valence-electron chi connectivity index (χ2n) is 4.74. The van der Waals surface area contributed by atoms with Crippen LogP contribution in [0.5, 0.6) is 5.75 Å². The normalized spacial score (nSPS) is 10.6. The van der Waals surface area contributed by atoms with Crippen LogP contribution in [0.4, 0.5) is 0 Å². The number of carbonyl (C=O) groups excluding carboxylic acids is 1. The van der Waals surface area contributed by atoms with Crippen LogP contribution in [-0.4, -0.2) is 32.1 Å². The van der Waals surface area contributed by atoms with Crippen LogP contribution in [0.3, 0.4) is 0 Å². The lowest BCUT2D eigenvalue weighted by molar-refractivity contribution is -0.131. The fourth-order valence-electron chi connectivity index (χ4n) is 1.54. The van der Waals surface area contributed by atoms with E-state index in [9.17, 15) is 13.2 Å². The Hall–Kier alpha value is -1.45. The lowest BCUT2D eigenvalue weighted by Gasteiger charge is -2.08. The van der Waals surface area contributed by atoms with Crippen LogP contribution in [0.25, 0.3) is 0 Å². The molecular weight excluding hydrogens is 320 g/mol. The maximum absolute atomic E-state index is 11.6. The molecule has 0 aliphatic carbocycles. The Morgan fingerprint density at radius 3 is 2.68 bits per heavy atom. The minimum atomic E-state index is -3.39. The molecule has 0 radical (unpaired) electrons. The van der Waals surface area contributed by atoms with Crippen molar-refractivity contribution in [3.8, 4) is 17.6 Å². The third-order valence-corrected chi connectivity index (χ3v) is 4.23. The number of hydrogen-bond acceptors (Lipinski definition) is 5. The lowest BCUT2D eigenvalue weighted by Crippen LogP contribution is -2.20. The number of benzene rings is 1. The van der Waals surface area contributed by atoms with Gasteiger partial charge in [0.25, 0.3) is 0 Å². The van der Waals surface area contributed by atoms with Crippen molar-refractivity contribution in [3.63, 3.8) is 0 Å². The third kappa shape index (κ3) is 8.11. The molecule has 1 aromatic rings. The standard InChI is InChI=1S/C16H20O4S2/c1-3-4-5-6-9-12-21-15-11-8-7-10-14(15)20-16(17)13-22(2,18)19/h7-8,10-11H,3-5,12-13H2,1-2H3. The molecule has 0 aliphatic rings. The number of sulfone groups is 1. The predicted molar refractivity (Wildman–Crippen MR) is 89.8 cm³/mol. The number of carbonyl (C=O) groups is 1. The summed E-state index contributed by atoms with van der Waals surface area (Å²) in [7, 11) is -3.39. The second kappa shape index (κ2) is 9.54. The van der Waals surface area contributed by atoms with Gasteiger partial charge in [0.15, 0.2) is 9.84 Å². The molecule has 0 amide bonds. The van der Waals surface area contributed by atoms with Gasteiger partial charge >= 0.3 is 5.97 Å². The fourth-order valence-corrected chi connectivity index (χ4v) is 2.78. The van der Waals surface area contributed by atoms with Crippen LogP contribution in [0, 0.1) is 11.8 Å². The number of ether oxygens (including phenoxy) is 1. The second-order valence-corrected chi connectivity index (χ2v) is 7.89. The van der Waals surface area contributed by atoms with E-state index in [1.165, 1.54) is 11.8 Å². The third-order valence-electron chi connectivity index (χ3n) is 2.53. The van der Waals surface area contributed by atoms with Crippen LogP contribution in [0.2, 0.25) is 0 Å². The molecule has 0 saturated heterocycles. The minimum absolute atomic E-state index is 0.372. The minimum Gasteiger partial charge on any atom is -0.425 e. The first-order chi connectivity index (χ1) is 10.4. The predicted octanol–water partition coefficient (Wildman–Crippen LogP) is 2.92. The molecule has 0 aromatic heterocycles. The molecule has 1 aromatic carbocycles. The van der Waals surface area contributed by atoms with Crippen molar-refractivity contribution in [2.24, 2.45) is 0 Å². The zero-order chi connectivity index (χ0) is 16.4. The van der Waals surface area contributed by atoms with Crippen molar-refractivity contribution in [1.82, 2.24) is 0 Å². The number of para-hydroxylation sites is 1. The van der Waals surface area contributed by atoms with Crippen molar-refractivity contribution in [3.05, 3.63) is 24.3 Å². The van der Waals surface area contributed by atoms with Crippen molar-refractivity contribution in [1.29, 1.82) is 0 Å². The van der Waals surface area contributed by atoms with Crippen LogP contribution < -0.4 is 4.74 Å². The molecule has 0 fully saturated rings. The van der Waals surface area contributed by atoms with Gasteiger partial charge in [0.2, 0.25) is 0 Å². The Morgan fingerprint density at radius 2 is 2.00 bits per heavy atom. The summed E-state index contributed by atoms with van der Waals surface area (Å²) in [6.07, 6.45) is 4.11. The average molecular weight is 340 g/mol. The van der Waals surface area contributed by atoms with E-state index in [-0.39, 0.29) is 0 Å². The molecular formula is C16H20O4S2. The molecule has 0 saturated carbocycles. The topological polar surface area (TPSA) is 60.4 Å². The Bertz CT molecular complexity index is 654.